The van der Waals surface area contributed by atoms with E-state index in [4.69, 9.17) is 0 Å². The average Bonchev–Trinajstić information content (AvgIpc) is 2.93. The number of benzene rings is 1. The summed E-state index contributed by atoms with van der Waals surface area (Å²) >= 11 is 0. The minimum atomic E-state index is -3.08. The molecule has 1 fully saturated rings. The Bertz CT molecular complexity index is 956. The van der Waals surface area contributed by atoms with E-state index in [1.165, 1.54) is 18.5 Å². The van der Waals surface area contributed by atoms with E-state index in [0.717, 1.165) is 5.56 Å². The summed E-state index contributed by atoms with van der Waals surface area (Å²) in [5.74, 6) is -0.791. The Hall–Kier alpha value is -2.74. The van der Waals surface area contributed by atoms with Crippen LogP contribution in [-0.2, 0) is 9.84 Å². The van der Waals surface area contributed by atoms with Gasteiger partial charge in [-0.05, 0) is 37.1 Å². The molecule has 2 amide bonds. The fraction of sp³-hybridized carbons (Fsp3) is 0.278. The quantitative estimate of drug-likeness (QED) is 0.846. The zero-order chi connectivity index (χ0) is 18.7. The van der Waals surface area contributed by atoms with Crippen LogP contribution in [0.1, 0.15) is 32.7 Å². The molecule has 0 aliphatic carbocycles. The Morgan fingerprint density at radius 1 is 1.12 bits per heavy atom. The smallest absolute Gasteiger partial charge is 0.257 e. The van der Waals surface area contributed by atoms with E-state index < -0.39 is 21.8 Å². The lowest BCUT2D eigenvalue weighted by molar-refractivity contribution is 0.0940. The molecular formula is C18H19N3O4S. The molecule has 2 heterocycles. The predicted octanol–water partition coefficient (Wildman–Crippen LogP) is 1.56. The van der Waals surface area contributed by atoms with Crippen molar-refractivity contribution in [3.8, 4) is 0 Å². The van der Waals surface area contributed by atoms with Crippen LogP contribution in [0.2, 0.25) is 0 Å². The zero-order valence-electron chi connectivity index (χ0n) is 14.2. The van der Waals surface area contributed by atoms with Crippen LogP contribution >= 0.6 is 0 Å². The summed E-state index contributed by atoms with van der Waals surface area (Å²) in [4.78, 5) is 28.6. The van der Waals surface area contributed by atoms with E-state index in [9.17, 15) is 18.0 Å². The molecule has 136 valence electrons. The average molecular weight is 373 g/mol. The topological polar surface area (TPSA) is 105 Å². The van der Waals surface area contributed by atoms with E-state index >= 15 is 0 Å². The maximum atomic E-state index is 12.4. The molecule has 1 aliphatic heterocycles. The molecule has 1 aromatic carbocycles. The van der Waals surface area contributed by atoms with Crippen LogP contribution in [-0.4, -0.2) is 42.8 Å². The van der Waals surface area contributed by atoms with Gasteiger partial charge in [0.2, 0.25) is 0 Å². The molecule has 1 aromatic heterocycles. The van der Waals surface area contributed by atoms with Crippen LogP contribution in [0.25, 0.3) is 0 Å². The fourth-order valence-electron chi connectivity index (χ4n) is 2.79. The summed E-state index contributed by atoms with van der Waals surface area (Å²) in [5.41, 5.74) is 2.13. The van der Waals surface area contributed by atoms with Gasteiger partial charge in [-0.1, -0.05) is 12.1 Å². The molecule has 1 unspecified atom stereocenters. The zero-order valence-corrected chi connectivity index (χ0v) is 15.0. The first kappa shape index (κ1) is 18.1. The van der Waals surface area contributed by atoms with Crippen molar-refractivity contribution in [1.82, 2.24) is 10.3 Å². The summed E-state index contributed by atoms with van der Waals surface area (Å²) < 4.78 is 23.0. The van der Waals surface area contributed by atoms with Gasteiger partial charge in [0.25, 0.3) is 11.8 Å². The third-order valence-electron chi connectivity index (χ3n) is 4.11. The number of carbonyl (C=O) groups excluding carboxylic acids is 2. The number of carbonyl (C=O) groups is 2. The number of anilines is 1. The Labute approximate surface area is 151 Å². The Kier molecular flexibility index (Phi) is 5.03. The Morgan fingerprint density at radius 3 is 2.50 bits per heavy atom. The van der Waals surface area contributed by atoms with E-state index in [-0.39, 0.29) is 28.5 Å². The van der Waals surface area contributed by atoms with Crippen molar-refractivity contribution < 1.29 is 18.0 Å². The van der Waals surface area contributed by atoms with Gasteiger partial charge in [0, 0.05) is 24.1 Å². The van der Waals surface area contributed by atoms with Crippen LogP contribution in [0.4, 0.5) is 5.69 Å². The van der Waals surface area contributed by atoms with Gasteiger partial charge in [0.15, 0.2) is 9.84 Å². The summed E-state index contributed by atoms with van der Waals surface area (Å²) in [6.45, 7) is 1.92. The first-order valence-corrected chi connectivity index (χ1v) is 9.99. The van der Waals surface area contributed by atoms with Crippen LogP contribution in [0.15, 0.2) is 42.7 Å². The molecule has 26 heavy (non-hydrogen) atoms. The van der Waals surface area contributed by atoms with Crippen molar-refractivity contribution in [1.29, 1.82) is 0 Å². The van der Waals surface area contributed by atoms with E-state index in [2.05, 4.69) is 15.6 Å². The molecule has 0 radical (unpaired) electrons. The van der Waals surface area contributed by atoms with Crippen molar-refractivity contribution in [3.63, 3.8) is 0 Å². The number of hydrogen-bond acceptors (Lipinski definition) is 5. The molecule has 1 atom stereocenters. The van der Waals surface area contributed by atoms with Crippen molar-refractivity contribution in [2.45, 2.75) is 19.4 Å². The number of pyridine rings is 1. The van der Waals surface area contributed by atoms with Gasteiger partial charge in [0.05, 0.1) is 22.6 Å². The van der Waals surface area contributed by atoms with Gasteiger partial charge >= 0.3 is 0 Å². The first-order chi connectivity index (χ1) is 12.3. The SMILES string of the molecule is Cc1cccc(NC(=O)c2cncc(C(=O)NC3CCS(=O)(=O)C3)c2)c1. The summed E-state index contributed by atoms with van der Waals surface area (Å²) in [6, 6.07) is 8.40. The van der Waals surface area contributed by atoms with Gasteiger partial charge in [-0.3, -0.25) is 14.6 Å². The number of aryl methyl sites for hydroxylation is 1. The highest BCUT2D eigenvalue weighted by Crippen LogP contribution is 2.14. The molecule has 0 bridgehead atoms. The largest absolute Gasteiger partial charge is 0.348 e. The molecule has 7 nitrogen and oxygen atoms in total. The minimum Gasteiger partial charge on any atom is -0.348 e. The molecule has 0 spiro atoms. The van der Waals surface area contributed by atoms with Gasteiger partial charge in [-0.2, -0.15) is 0 Å². The van der Waals surface area contributed by atoms with Crippen LogP contribution in [0.5, 0.6) is 0 Å². The number of sulfone groups is 1. The molecule has 0 saturated carbocycles. The van der Waals surface area contributed by atoms with Gasteiger partial charge in [-0.25, -0.2) is 8.42 Å². The molecule has 2 aromatic rings. The van der Waals surface area contributed by atoms with Crippen LogP contribution in [0, 0.1) is 6.92 Å². The number of nitrogens with one attached hydrogen (secondary N) is 2. The molecule has 1 saturated heterocycles. The fourth-order valence-corrected chi connectivity index (χ4v) is 4.47. The normalized spacial score (nSPS) is 18.3. The van der Waals surface area contributed by atoms with Crippen molar-refractivity contribution in [2.75, 3.05) is 16.8 Å². The number of nitrogens with zero attached hydrogens (tertiary/aromatic N) is 1. The number of rotatable bonds is 4. The number of hydrogen-bond donors (Lipinski definition) is 2. The van der Waals surface area contributed by atoms with Crippen LogP contribution < -0.4 is 10.6 Å². The molecule has 2 N–H and O–H groups in total. The second kappa shape index (κ2) is 7.25. The molecular weight excluding hydrogens is 354 g/mol. The molecule has 8 heteroatoms. The number of aromatic nitrogens is 1. The minimum absolute atomic E-state index is 0.0558. The molecule has 1 aliphatic rings. The summed E-state index contributed by atoms with van der Waals surface area (Å²) in [7, 11) is -3.08. The lowest BCUT2D eigenvalue weighted by Gasteiger charge is -2.11. The lowest BCUT2D eigenvalue weighted by Crippen LogP contribution is -2.35. The van der Waals surface area contributed by atoms with E-state index in [1.54, 1.807) is 6.07 Å². The molecule has 3 rings (SSSR count). The second-order valence-electron chi connectivity index (χ2n) is 6.36. The highest BCUT2D eigenvalue weighted by Gasteiger charge is 2.29. The summed E-state index contributed by atoms with van der Waals surface area (Å²) in [5, 5.41) is 5.44. The van der Waals surface area contributed by atoms with Crippen molar-refractivity contribution >= 4 is 27.3 Å². The summed E-state index contributed by atoms with van der Waals surface area (Å²) in [6.07, 6.45) is 3.12. The third-order valence-corrected chi connectivity index (χ3v) is 5.87. The Balaban J connectivity index is 1.69. The van der Waals surface area contributed by atoms with Crippen molar-refractivity contribution in [3.05, 3.63) is 59.4 Å². The predicted molar refractivity (Wildman–Crippen MR) is 97.9 cm³/mol. The standard InChI is InChI=1S/C18H19N3O4S/c1-12-3-2-4-15(7-12)20-17(22)13-8-14(10-19-9-13)18(23)21-16-5-6-26(24,25)11-16/h2-4,7-10,16H,5-6,11H2,1H3,(H,20,22)(H,21,23). The number of amides is 2. The monoisotopic (exact) mass is 373 g/mol. The maximum Gasteiger partial charge on any atom is 0.257 e. The first-order valence-electron chi connectivity index (χ1n) is 8.17. The highest BCUT2D eigenvalue weighted by atomic mass is 32.2. The van der Waals surface area contributed by atoms with Crippen LogP contribution in [0.3, 0.4) is 0 Å². The van der Waals surface area contributed by atoms with Gasteiger partial charge in [-0.15, -0.1) is 0 Å². The van der Waals surface area contributed by atoms with E-state index in [0.29, 0.717) is 12.1 Å². The third kappa shape index (κ3) is 4.45. The van der Waals surface area contributed by atoms with Crippen molar-refractivity contribution in [2.24, 2.45) is 0 Å². The highest BCUT2D eigenvalue weighted by molar-refractivity contribution is 7.91. The van der Waals surface area contributed by atoms with Gasteiger partial charge in [0.1, 0.15) is 0 Å². The van der Waals surface area contributed by atoms with Gasteiger partial charge < -0.3 is 10.6 Å². The maximum absolute atomic E-state index is 12.4. The second-order valence-corrected chi connectivity index (χ2v) is 8.59. The Morgan fingerprint density at radius 2 is 1.85 bits per heavy atom. The lowest BCUT2D eigenvalue weighted by atomic mass is 10.1. The van der Waals surface area contributed by atoms with E-state index in [1.807, 2.05) is 25.1 Å².